The normalized spacial score (nSPS) is 14.2. The number of hydrogen-bond donors (Lipinski definition) is 0. The first kappa shape index (κ1) is 27.3. The minimum absolute atomic E-state index is 0.237. The summed E-state index contributed by atoms with van der Waals surface area (Å²) in [5, 5.41) is 0. The van der Waals surface area contributed by atoms with Crippen LogP contribution in [0.2, 0.25) is 5.54 Å². The Hall–Kier alpha value is -0.693. The Bertz CT molecular complexity index is 482. The Balaban J connectivity index is 2.75. The molecule has 2 unspecified atom stereocenters. The minimum Gasteiger partial charge on any atom is -0.374 e. The highest BCUT2D eigenvalue weighted by Gasteiger charge is 2.51. The van der Waals surface area contributed by atoms with Gasteiger partial charge in [-0.05, 0) is 33.6 Å². The van der Waals surface area contributed by atoms with Crippen LogP contribution in [0.15, 0.2) is 18.7 Å². The fourth-order valence-corrected chi connectivity index (χ4v) is 7.90. The first-order chi connectivity index (χ1) is 14.7. The Kier molecular flexibility index (Phi) is 15.4. The van der Waals surface area contributed by atoms with Gasteiger partial charge in [-0.25, -0.2) is 4.98 Å². The van der Waals surface area contributed by atoms with Crippen molar-refractivity contribution >= 4 is 8.80 Å². The Labute approximate surface area is 187 Å². The number of rotatable bonds is 20. The number of hydrogen-bond acceptors (Lipinski definition) is 4. The van der Waals surface area contributed by atoms with Crippen molar-refractivity contribution in [2.45, 2.75) is 117 Å². The van der Waals surface area contributed by atoms with E-state index in [1.54, 1.807) is 0 Å². The second kappa shape index (κ2) is 16.9. The van der Waals surface area contributed by atoms with Crippen LogP contribution in [0.5, 0.6) is 0 Å². The predicted molar refractivity (Wildman–Crippen MR) is 128 cm³/mol. The van der Waals surface area contributed by atoms with Gasteiger partial charge in [-0.15, -0.1) is 0 Å². The highest BCUT2D eigenvalue weighted by molar-refractivity contribution is 6.62. The summed E-state index contributed by atoms with van der Waals surface area (Å²) in [6.45, 7) is 12.5. The zero-order chi connectivity index (χ0) is 22.1. The molecule has 30 heavy (non-hydrogen) atoms. The van der Waals surface area contributed by atoms with Crippen molar-refractivity contribution in [1.82, 2.24) is 9.55 Å². The molecular formula is C24H48N2O3Si. The lowest BCUT2D eigenvalue weighted by Crippen LogP contribution is -2.52. The second-order valence-corrected chi connectivity index (χ2v) is 10.9. The van der Waals surface area contributed by atoms with Crippen LogP contribution in [0, 0.1) is 0 Å². The van der Waals surface area contributed by atoms with Crippen molar-refractivity contribution in [1.29, 1.82) is 0 Å². The third-order valence-electron chi connectivity index (χ3n) is 5.91. The van der Waals surface area contributed by atoms with Crippen molar-refractivity contribution in [3.8, 4) is 0 Å². The lowest BCUT2D eigenvalue weighted by Gasteiger charge is -2.39. The molecule has 2 atom stereocenters. The third kappa shape index (κ3) is 9.21. The number of imidazole rings is 1. The highest BCUT2D eigenvalue weighted by Crippen LogP contribution is 2.41. The van der Waals surface area contributed by atoms with Gasteiger partial charge in [-0.2, -0.15) is 0 Å². The molecule has 0 amide bonds. The molecule has 0 bridgehead atoms. The van der Waals surface area contributed by atoms with E-state index < -0.39 is 8.80 Å². The summed E-state index contributed by atoms with van der Waals surface area (Å²) in [4.78, 5) is 4.33. The summed E-state index contributed by atoms with van der Waals surface area (Å²) in [5.41, 5.74) is 0.237. The van der Waals surface area contributed by atoms with E-state index in [0.29, 0.717) is 25.9 Å². The molecule has 0 saturated heterocycles. The molecule has 6 heteroatoms. The first-order valence-electron chi connectivity index (χ1n) is 12.6. The smallest absolute Gasteiger partial charge is 0.374 e. The van der Waals surface area contributed by atoms with E-state index in [1.807, 2.05) is 33.3 Å². The van der Waals surface area contributed by atoms with Crippen LogP contribution in [-0.4, -0.2) is 38.2 Å². The molecule has 5 nitrogen and oxygen atoms in total. The molecule has 0 radical (unpaired) electrons. The lowest BCUT2D eigenvalue weighted by molar-refractivity contribution is 0.0525. The zero-order valence-electron chi connectivity index (χ0n) is 20.4. The molecule has 1 aromatic rings. The lowest BCUT2D eigenvalue weighted by atomic mass is 10.0. The molecule has 0 fully saturated rings. The van der Waals surface area contributed by atoms with Gasteiger partial charge < -0.3 is 17.8 Å². The number of aromatic nitrogens is 2. The summed E-state index contributed by atoms with van der Waals surface area (Å²) in [7, 11) is -2.79. The molecule has 0 aliphatic heterocycles. The Morgan fingerprint density at radius 3 is 1.73 bits per heavy atom. The molecule has 0 spiro atoms. The highest BCUT2D eigenvalue weighted by atomic mass is 28.4. The Morgan fingerprint density at radius 1 is 0.767 bits per heavy atom. The SMILES string of the molecule is CCCCCCCCCCCC(C(CC)[Si](OCC)(OCC)OCC)n1ccnc1. The van der Waals surface area contributed by atoms with Crippen LogP contribution in [0.1, 0.15) is 111 Å². The van der Waals surface area contributed by atoms with Crippen molar-refractivity contribution in [3.05, 3.63) is 18.7 Å². The van der Waals surface area contributed by atoms with Gasteiger partial charge in [0.15, 0.2) is 0 Å². The molecule has 1 rings (SSSR count). The van der Waals surface area contributed by atoms with Gasteiger partial charge in [0.2, 0.25) is 0 Å². The average Bonchev–Trinajstić information content (AvgIpc) is 3.27. The zero-order valence-corrected chi connectivity index (χ0v) is 21.4. The number of unbranched alkanes of at least 4 members (excludes halogenated alkanes) is 8. The quantitative estimate of drug-likeness (QED) is 0.159. The average molecular weight is 441 g/mol. The second-order valence-electron chi connectivity index (χ2n) is 8.11. The fourth-order valence-electron chi connectivity index (χ4n) is 4.50. The number of nitrogens with zero attached hydrogens (tertiary/aromatic N) is 2. The molecule has 176 valence electrons. The van der Waals surface area contributed by atoms with E-state index in [1.165, 1.54) is 57.8 Å². The van der Waals surface area contributed by atoms with Crippen molar-refractivity contribution in [2.75, 3.05) is 19.8 Å². The van der Waals surface area contributed by atoms with E-state index in [2.05, 4.69) is 29.6 Å². The van der Waals surface area contributed by atoms with Crippen molar-refractivity contribution in [3.63, 3.8) is 0 Å². The summed E-state index contributed by atoms with van der Waals surface area (Å²) >= 11 is 0. The van der Waals surface area contributed by atoms with Gasteiger partial charge in [0.1, 0.15) is 0 Å². The molecule has 0 N–H and O–H groups in total. The fraction of sp³-hybridized carbons (Fsp3) is 0.875. The van der Waals surface area contributed by atoms with Gasteiger partial charge in [-0.3, -0.25) is 0 Å². The summed E-state index contributed by atoms with van der Waals surface area (Å²) in [6.07, 6.45) is 20.1. The van der Waals surface area contributed by atoms with Gasteiger partial charge in [0.25, 0.3) is 0 Å². The van der Waals surface area contributed by atoms with E-state index in [-0.39, 0.29) is 5.54 Å². The largest absolute Gasteiger partial charge is 0.506 e. The molecule has 0 aromatic carbocycles. The van der Waals surface area contributed by atoms with Crippen molar-refractivity contribution < 1.29 is 13.3 Å². The molecular weight excluding hydrogens is 392 g/mol. The topological polar surface area (TPSA) is 45.5 Å². The molecule has 0 saturated carbocycles. The van der Waals surface area contributed by atoms with E-state index in [4.69, 9.17) is 13.3 Å². The summed E-state index contributed by atoms with van der Waals surface area (Å²) in [5.74, 6) is 0. The van der Waals surface area contributed by atoms with Crippen LogP contribution < -0.4 is 0 Å². The molecule has 0 aliphatic carbocycles. The van der Waals surface area contributed by atoms with Crippen LogP contribution >= 0.6 is 0 Å². The van der Waals surface area contributed by atoms with E-state index in [0.717, 1.165) is 12.8 Å². The molecule has 0 aliphatic rings. The van der Waals surface area contributed by atoms with Gasteiger partial charge >= 0.3 is 8.80 Å². The molecule has 1 aromatic heterocycles. The van der Waals surface area contributed by atoms with Crippen LogP contribution in [0.3, 0.4) is 0 Å². The van der Waals surface area contributed by atoms with Gasteiger partial charge in [-0.1, -0.05) is 71.6 Å². The maximum atomic E-state index is 6.29. The van der Waals surface area contributed by atoms with Gasteiger partial charge in [0.05, 0.1) is 6.33 Å². The molecule has 1 heterocycles. The maximum Gasteiger partial charge on any atom is 0.506 e. The standard InChI is InChI=1S/C24H48N2O3Si/c1-6-11-12-13-14-15-16-17-18-19-23(26-21-20-25-22-26)24(7-2)30(27-8-3,28-9-4)29-10-5/h20-24H,6-19H2,1-5H3. The third-order valence-corrected chi connectivity index (χ3v) is 9.68. The van der Waals surface area contributed by atoms with E-state index >= 15 is 0 Å². The monoisotopic (exact) mass is 440 g/mol. The van der Waals surface area contributed by atoms with E-state index in [9.17, 15) is 0 Å². The maximum absolute atomic E-state index is 6.29. The first-order valence-corrected chi connectivity index (χ1v) is 14.4. The van der Waals surface area contributed by atoms with Crippen molar-refractivity contribution in [2.24, 2.45) is 0 Å². The summed E-state index contributed by atoms with van der Waals surface area (Å²) < 4.78 is 21.1. The van der Waals surface area contributed by atoms with Gasteiger partial charge in [0, 0.05) is 43.8 Å². The van der Waals surface area contributed by atoms with Crippen LogP contribution in [0.25, 0.3) is 0 Å². The predicted octanol–water partition coefficient (Wildman–Crippen LogP) is 7.17. The Morgan fingerprint density at radius 2 is 1.30 bits per heavy atom. The van der Waals surface area contributed by atoms with Crippen LogP contribution in [-0.2, 0) is 13.3 Å². The van der Waals surface area contributed by atoms with Crippen LogP contribution in [0.4, 0.5) is 0 Å². The minimum atomic E-state index is -2.79. The summed E-state index contributed by atoms with van der Waals surface area (Å²) in [6, 6.07) is 0.304.